The summed E-state index contributed by atoms with van der Waals surface area (Å²) < 4.78 is 16.5. The number of anilines is 1. The molecule has 2 aromatic carbocycles. The number of rotatable bonds is 5. The minimum absolute atomic E-state index is 0.0230. The first kappa shape index (κ1) is 16.5. The highest BCUT2D eigenvalue weighted by Crippen LogP contribution is 2.53. The van der Waals surface area contributed by atoms with Crippen LogP contribution < -0.4 is 19.5 Å². The van der Waals surface area contributed by atoms with E-state index >= 15 is 0 Å². The smallest absolute Gasteiger partial charge is 0.225 e. The molecular formula is C18H19NO4S. The molecule has 6 heteroatoms. The Bertz CT molecular complexity index is 748. The molecule has 0 spiro atoms. The summed E-state index contributed by atoms with van der Waals surface area (Å²) in [5, 5.41) is 2.84. The fourth-order valence-corrected chi connectivity index (χ4v) is 4.07. The summed E-state index contributed by atoms with van der Waals surface area (Å²) in [6.45, 7) is 0. The normalized spacial score (nSPS) is 16.1. The van der Waals surface area contributed by atoms with Crippen LogP contribution in [0.4, 0.5) is 5.69 Å². The van der Waals surface area contributed by atoms with Gasteiger partial charge in [-0.25, -0.2) is 0 Å². The van der Waals surface area contributed by atoms with E-state index in [2.05, 4.69) is 5.32 Å². The van der Waals surface area contributed by atoms with Crippen LogP contribution in [0.25, 0.3) is 0 Å². The van der Waals surface area contributed by atoms with Gasteiger partial charge in [0.2, 0.25) is 11.7 Å². The minimum atomic E-state index is -0.0640. The molecule has 0 saturated heterocycles. The molecule has 5 nitrogen and oxygen atoms in total. The highest BCUT2D eigenvalue weighted by atomic mass is 32.2. The molecule has 0 radical (unpaired) electrons. The quantitative estimate of drug-likeness (QED) is 0.891. The molecule has 0 aliphatic carbocycles. The van der Waals surface area contributed by atoms with Gasteiger partial charge < -0.3 is 19.5 Å². The molecule has 1 aliphatic rings. The lowest BCUT2D eigenvalue weighted by Gasteiger charge is -2.28. The van der Waals surface area contributed by atoms with Crippen LogP contribution in [0.5, 0.6) is 17.2 Å². The topological polar surface area (TPSA) is 56.8 Å². The van der Waals surface area contributed by atoms with E-state index < -0.39 is 0 Å². The highest BCUT2D eigenvalue weighted by Gasteiger charge is 2.33. The van der Waals surface area contributed by atoms with Crippen LogP contribution in [0.1, 0.15) is 17.2 Å². The first-order chi connectivity index (χ1) is 11.7. The maximum absolute atomic E-state index is 12.1. The molecule has 0 fully saturated rings. The van der Waals surface area contributed by atoms with Gasteiger partial charge in [0.05, 0.1) is 27.0 Å². The van der Waals surface area contributed by atoms with Gasteiger partial charge in [-0.3, -0.25) is 4.79 Å². The number of nitrogens with one attached hydrogen (secondary N) is 1. The van der Waals surface area contributed by atoms with Gasteiger partial charge in [0.1, 0.15) is 0 Å². The molecule has 2 aromatic rings. The Kier molecular flexibility index (Phi) is 4.85. The fraction of sp³-hybridized carbons (Fsp3) is 0.278. The zero-order valence-electron chi connectivity index (χ0n) is 13.8. The van der Waals surface area contributed by atoms with Crippen LogP contribution in [0.2, 0.25) is 0 Å². The number of hydrogen-bond acceptors (Lipinski definition) is 5. The fourth-order valence-electron chi connectivity index (χ4n) is 2.84. The van der Waals surface area contributed by atoms with E-state index in [4.69, 9.17) is 14.2 Å². The van der Waals surface area contributed by atoms with E-state index in [9.17, 15) is 4.79 Å². The Morgan fingerprint density at radius 2 is 1.75 bits per heavy atom. The average Bonchev–Trinajstić information content (AvgIpc) is 2.60. The van der Waals surface area contributed by atoms with Crippen molar-refractivity contribution < 1.29 is 19.0 Å². The van der Waals surface area contributed by atoms with Crippen molar-refractivity contribution in [2.24, 2.45) is 0 Å². The summed E-state index contributed by atoms with van der Waals surface area (Å²) in [6, 6.07) is 11.8. The lowest BCUT2D eigenvalue weighted by molar-refractivity contribution is -0.116. The zero-order valence-corrected chi connectivity index (χ0v) is 14.6. The second kappa shape index (κ2) is 7.05. The maximum Gasteiger partial charge on any atom is 0.225 e. The van der Waals surface area contributed by atoms with Gasteiger partial charge in [0, 0.05) is 28.2 Å². The predicted octanol–water partition coefficient (Wildman–Crippen LogP) is 3.89. The number of hydrogen-bond donors (Lipinski definition) is 1. The molecule has 1 N–H and O–H groups in total. The molecule has 1 atom stereocenters. The number of carbonyl (C=O) groups excluding carboxylic acids is 1. The van der Waals surface area contributed by atoms with Crippen LogP contribution in [0.15, 0.2) is 41.3 Å². The third-order valence-electron chi connectivity index (χ3n) is 3.86. The Balaban J connectivity index is 2.11. The zero-order chi connectivity index (χ0) is 17.1. The van der Waals surface area contributed by atoms with Gasteiger partial charge in [-0.05, 0) is 12.1 Å². The number of methoxy groups -OCH3 is 3. The van der Waals surface area contributed by atoms with Crippen LogP contribution in [0.3, 0.4) is 0 Å². The number of amides is 1. The van der Waals surface area contributed by atoms with Crippen molar-refractivity contribution in [2.45, 2.75) is 16.6 Å². The van der Waals surface area contributed by atoms with Crippen molar-refractivity contribution in [2.75, 3.05) is 26.6 Å². The van der Waals surface area contributed by atoms with Crippen molar-refractivity contribution in [1.29, 1.82) is 0 Å². The Morgan fingerprint density at radius 1 is 1.04 bits per heavy atom. The highest BCUT2D eigenvalue weighted by molar-refractivity contribution is 7.99. The van der Waals surface area contributed by atoms with Gasteiger partial charge in [-0.2, -0.15) is 0 Å². The Hall–Kier alpha value is -2.34. The molecule has 0 saturated carbocycles. The molecule has 1 aliphatic heterocycles. The first-order valence-electron chi connectivity index (χ1n) is 7.52. The van der Waals surface area contributed by atoms with Gasteiger partial charge in [0.15, 0.2) is 11.5 Å². The molecule has 126 valence electrons. The van der Waals surface area contributed by atoms with E-state index in [1.807, 2.05) is 30.3 Å². The molecule has 1 amide bonds. The Labute approximate surface area is 145 Å². The number of carbonyl (C=O) groups is 1. The Morgan fingerprint density at radius 3 is 2.38 bits per heavy atom. The molecule has 0 aromatic heterocycles. The van der Waals surface area contributed by atoms with Crippen LogP contribution in [-0.4, -0.2) is 27.2 Å². The summed E-state index contributed by atoms with van der Waals surface area (Å²) in [6.07, 6.45) is 0.373. The standard InChI is InChI=1S/C18H19NO4S/c1-21-13-9-12-16(18(23-3)17(13)22-2)14(10-15(20)19-12)24-11-7-5-4-6-8-11/h4-9,14H,10H2,1-3H3,(H,19,20). The number of fused-ring (bicyclic) bond motifs is 1. The summed E-state index contributed by atoms with van der Waals surface area (Å²) in [4.78, 5) is 13.2. The third-order valence-corrected chi connectivity index (χ3v) is 5.09. The predicted molar refractivity (Wildman–Crippen MR) is 94.4 cm³/mol. The first-order valence-corrected chi connectivity index (χ1v) is 8.40. The van der Waals surface area contributed by atoms with Gasteiger partial charge >= 0.3 is 0 Å². The van der Waals surface area contributed by atoms with Crippen molar-refractivity contribution in [1.82, 2.24) is 0 Å². The van der Waals surface area contributed by atoms with Crippen molar-refractivity contribution in [3.05, 3.63) is 42.0 Å². The second-order valence-electron chi connectivity index (χ2n) is 5.28. The largest absolute Gasteiger partial charge is 0.493 e. The van der Waals surface area contributed by atoms with Crippen LogP contribution in [-0.2, 0) is 4.79 Å². The lowest BCUT2D eigenvalue weighted by atomic mass is 10.00. The van der Waals surface area contributed by atoms with Crippen LogP contribution in [0, 0.1) is 0 Å². The third kappa shape index (κ3) is 3.01. The van der Waals surface area contributed by atoms with Crippen molar-refractivity contribution in [3.8, 4) is 17.2 Å². The van der Waals surface area contributed by atoms with E-state index in [-0.39, 0.29) is 11.2 Å². The van der Waals surface area contributed by atoms with E-state index in [1.54, 1.807) is 39.2 Å². The van der Waals surface area contributed by atoms with Gasteiger partial charge in [0.25, 0.3) is 0 Å². The molecule has 0 bridgehead atoms. The van der Waals surface area contributed by atoms with Gasteiger partial charge in [-0.15, -0.1) is 11.8 Å². The number of benzene rings is 2. The van der Waals surface area contributed by atoms with Crippen molar-refractivity contribution in [3.63, 3.8) is 0 Å². The monoisotopic (exact) mass is 345 g/mol. The average molecular weight is 345 g/mol. The van der Waals surface area contributed by atoms with E-state index in [0.29, 0.717) is 29.4 Å². The molecule has 3 rings (SSSR count). The van der Waals surface area contributed by atoms with E-state index in [1.165, 1.54) is 0 Å². The van der Waals surface area contributed by atoms with E-state index in [0.717, 1.165) is 10.5 Å². The number of thioether (sulfide) groups is 1. The van der Waals surface area contributed by atoms with Gasteiger partial charge in [-0.1, -0.05) is 18.2 Å². The molecule has 1 unspecified atom stereocenters. The maximum atomic E-state index is 12.1. The second-order valence-corrected chi connectivity index (χ2v) is 6.55. The summed E-state index contributed by atoms with van der Waals surface area (Å²) >= 11 is 1.64. The van der Waals surface area contributed by atoms with Crippen LogP contribution >= 0.6 is 11.8 Å². The summed E-state index contributed by atoms with van der Waals surface area (Å²) in [5.41, 5.74) is 1.62. The lowest BCUT2D eigenvalue weighted by Crippen LogP contribution is -2.22. The molecule has 24 heavy (non-hydrogen) atoms. The summed E-state index contributed by atoms with van der Waals surface area (Å²) in [5.74, 6) is 1.64. The molecular weight excluding hydrogens is 326 g/mol. The summed E-state index contributed by atoms with van der Waals surface area (Å²) in [7, 11) is 4.73. The van der Waals surface area contributed by atoms with Crippen molar-refractivity contribution >= 4 is 23.4 Å². The SMILES string of the molecule is COc1cc2c(c(OC)c1OC)C(Sc1ccccc1)CC(=O)N2. The minimum Gasteiger partial charge on any atom is -0.493 e. The number of ether oxygens (including phenoxy) is 3. The molecule has 1 heterocycles.